The summed E-state index contributed by atoms with van der Waals surface area (Å²) in [4.78, 5) is 6.93. The first-order chi connectivity index (χ1) is 8.28. The Balaban J connectivity index is 1.54. The van der Waals surface area contributed by atoms with Crippen LogP contribution in [0.4, 0.5) is 0 Å². The van der Waals surface area contributed by atoms with Crippen molar-refractivity contribution in [2.45, 2.75) is 18.9 Å². The molecule has 0 aromatic carbocycles. The molecular weight excluding hydrogens is 300 g/mol. The summed E-state index contributed by atoms with van der Waals surface area (Å²) in [7, 11) is 0. The first kappa shape index (κ1) is 10.8. The van der Waals surface area contributed by atoms with Gasteiger partial charge in [-0.2, -0.15) is 0 Å². The van der Waals surface area contributed by atoms with E-state index in [0.717, 1.165) is 26.7 Å². The van der Waals surface area contributed by atoms with E-state index in [4.69, 9.17) is 4.74 Å². The van der Waals surface area contributed by atoms with Crippen LogP contribution < -0.4 is 4.74 Å². The lowest BCUT2D eigenvalue weighted by molar-refractivity contribution is -0.0985. The summed E-state index contributed by atoms with van der Waals surface area (Å²) in [6.45, 7) is 3.82. The number of ether oxygens (including phenoxy) is 1. The molecule has 17 heavy (non-hydrogen) atoms. The van der Waals surface area contributed by atoms with Crippen molar-refractivity contribution in [3.05, 3.63) is 9.98 Å². The molecule has 1 saturated carbocycles. The molecular formula is C12H15BrN2OS. The molecule has 3 aliphatic heterocycles. The zero-order valence-electron chi connectivity index (χ0n) is 9.51. The Morgan fingerprint density at radius 1 is 1.29 bits per heavy atom. The first-order valence-corrected chi connectivity index (χ1v) is 7.89. The fourth-order valence-corrected chi connectivity index (χ4v) is 5.02. The minimum absolute atomic E-state index is 0.417. The summed E-state index contributed by atoms with van der Waals surface area (Å²) in [5, 5.41) is 0.837. The van der Waals surface area contributed by atoms with Crippen molar-refractivity contribution < 1.29 is 4.74 Å². The van der Waals surface area contributed by atoms with E-state index in [9.17, 15) is 0 Å². The van der Waals surface area contributed by atoms with Gasteiger partial charge >= 0.3 is 0 Å². The lowest BCUT2D eigenvalue weighted by Crippen LogP contribution is -2.61. The minimum atomic E-state index is 0.417. The van der Waals surface area contributed by atoms with E-state index in [2.05, 4.69) is 25.8 Å². The van der Waals surface area contributed by atoms with Crippen LogP contribution in [-0.4, -0.2) is 35.6 Å². The molecule has 1 aromatic rings. The van der Waals surface area contributed by atoms with Gasteiger partial charge in [-0.15, -0.1) is 0 Å². The minimum Gasteiger partial charge on any atom is -0.466 e. The SMILES string of the molecule is Brc1cnc(OC2C3CC4CC2CN(C4)C3)s1. The Hall–Kier alpha value is -0.130. The van der Waals surface area contributed by atoms with Crippen molar-refractivity contribution in [3.63, 3.8) is 0 Å². The molecule has 1 aliphatic carbocycles. The summed E-state index contributed by atoms with van der Waals surface area (Å²) in [5.41, 5.74) is 0. The number of rotatable bonds is 2. The van der Waals surface area contributed by atoms with Crippen molar-refractivity contribution in [2.75, 3.05) is 19.6 Å². The molecule has 2 atom stereocenters. The van der Waals surface area contributed by atoms with E-state index in [1.807, 2.05) is 6.20 Å². The van der Waals surface area contributed by atoms with Gasteiger partial charge < -0.3 is 9.64 Å². The van der Waals surface area contributed by atoms with Crippen molar-refractivity contribution in [1.82, 2.24) is 9.88 Å². The molecule has 1 aromatic heterocycles. The van der Waals surface area contributed by atoms with Gasteiger partial charge in [0.25, 0.3) is 5.19 Å². The Morgan fingerprint density at radius 2 is 2.06 bits per heavy atom. The first-order valence-electron chi connectivity index (χ1n) is 6.28. The van der Waals surface area contributed by atoms with Gasteiger partial charge in [0.05, 0.1) is 9.98 Å². The lowest BCUT2D eigenvalue weighted by atomic mass is 9.66. The second-order valence-electron chi connectivity index (χ2n) is 5.59. The molecule has 4 heterocycles. The predicted octanol–water partition coefficient (Wildman–Crippen LogP) is 2.62. The van der Waals surface area contributed by atoms with Crippen molar-refractivity contribution in [3.8, 4) is 5.19 Å². The summed E-state index contributed by atoms with van der Waals surface area (Å²) in [6.07, 6.45) is 4.98. The van der Waals surface area contributed by atoms with Crippen LogP contribution in [0.2, 0.25) is 0 Å². The number of hydrogen-bond donors (Lipinski definition) is 0. The lowest BCUT2D eigenvalue weighted by Gasteiger charge is -2.55. The Bertz CT molecular complexity index is 408. The Labute approximate surface area is 113 Å². The number of hydrogen-bond acceptors (Lipinski definition) is 4. The van der Waals surface area contributed by atoms with E-state index in [1.165, 1.54) is 32.5 Å². The average Bonchev–Trinajstić information content (AvgIpc) is 2.68. The third-order valence-electron chi connectivity index (χ3n) is 4.40. The van der Waals surface area contributed by atoms with Crippen molar-refractivity contribution in [2.24, 2.45) is 17.8 Å². The summed E-state index contributed by atoms with van der Waals surface area (Å²) >= 11 is 5.04. The van der Waals surface area contributed by atoms with Crippen LogP contribution in [0, 0.1) is 17.8 Å². The molecule has 4 aliphatic rings. The van der Waals surface area contributed by atoms with Crippen LogP contribution in [0.15, 0.2) is 9.98 Å². The van der Waals surface area contributed by atoms with Gasteiger partial charge in [-0.1, -0.05) is 11.3 Å². The topological polar surface area (TPSA) is 25.4 Å². The Morgan fingerprint density at radius 3 is 2.65 bits per heavy atom. The monoisotopic (exact) mass is 314 g/mol. The predicted molar refractivity (Wildman–Crippen MR) is 70.4 cm³/mol. The normalized spacial score (nSPS) is 43.0. The number of piperidine rings is 3. The van der Waals surface area contributed by atoms with E-state index < -0.39 is 0 Å². The molecule has 3 nitrogen and oxygen atoms in total. The molecule has 2 unspecified atom stereocenters. The van der Waals surface area contributed by atoms with E-state index >= 15 is 0 Å². The van der Waals surface area contributed by atoms with Crippen LogP contribution in [0.5, 0.6) is 5.19 Å². The molecule has 5 rings (SSSR count). The Kier molecular flexibility index (Phi) is 2.49. The maximum absolute atomic E-state index is 6.16. The largest absolute Gasteiger partial charge is 0.466 e. The maximum Gasteiger partial charge on any atom is 0.274 e. The standard InChI is InChI=1S/C12H15BrN2OS/c13-10-3-14-12(17-10)16-11-8-1-7-2-9(11)6-15(4-7)5-8/h3,7-9,11H,1-2,4-6H2. The average molecular weight is 315 g/mol. The number of nitrogens with zero attached hydrogens (tertiary/aromatic N) is 2. The third kappa shape index (κ3) is 1.83. The molecule has 0 N–H and O–H groups in total. The highest BCUT2D eigenvalue weighted by molar-refractivity contribution is 9.11. The third-order valence-corrected chi connectivity index (χ3v) is 5.76. The van der Waals surface area contributed by atoms with Gasteiger partial charge in [0.2, 0.25) is 0 Å². The van der Waals surface area contributed by atoms with E-state index in [0.29, 0.717) is 6.10 Å². The zero-order valence-corrected chi connectivity index (χ0v) is 11.9. The number of halogens is 1. The van der Waals surface area contributed by atoms with Gasteiger partial charge in [-0.3, -0.25) is 0 Å². The summed E-state index contributed by atoms with van der Waals surface area (Å²) in [5.74, 6) is 2.42. The van der Waals surface area contributed by atoms with Gasteiger partial charge in [0, 0.05) is 31.5 Å². The fraction of sp³-hybridized carbons (Fsp3) is 0.750. The highest BCUT2D eigenvalue weighted by Crippen LogP contribution is 2.45. The van der Waals surface area contributed by atoms with E-state index in [-0.39, 0.29) is 0 Å². The highest BCUT2D eigenvalue weighted by atomic mass is 79.9. The number of aromatic nitrogens is 1. The van der Waals surface area contributed by atoms with Gasteiger partial charge in [0.1, 0.15) is 6.10 Å². The fourth-order valence-electron chi connectivity index (χ4n) is 3.97. The van der Waals surface area contributed by atoms with Crippen LogP contribution in [0.1, 0.15) is 12.8 Å². The second kappa shape index (κ2) is 3.93. The second-order valence-corrected chi connectivity index (χ2v) is 7.96. The molecule has 0 radical (unpaired) electrons. The molecule has 0 amide bonds. The zero-order chi connectivity index (χ0) is 11.4. The van der Waals surface area contributed by atoms with Crippen molar-refractivity contribution >= 4 is 27.3 Å². The molecule has 5 heteroatoms. The van der Waals surface area contributed by atoms with Gasteiger partial charge in [-0.05, 0) is 34.7 Å². The molecule has 3 saturated heterocycles. The van der Waals surface area contributed by atoms with Crippen LogP contribution in [0.25, 0.3) is 0 Å². The van der Waals surface area contributed by atoms with Crippen LogP contribution in [-0.2, 0) is 0 Å². The van der Waals surface area contributed by atoms with Gasteiger partial charge in [0.15, 0.2) is 0 Å². The van der Waals surface area contributed by atoms with Crippen LogP contribution in [0.3, 0.4) is 0 Å². The molecule has 4 fully saturated rings. The smallest absolute Gasteiger partial charge is 0.274 e. The molecule has 0 spiro atoms. The summed E-state index contributed by atoms with van der Waals surface area (Å²) in [6, 6.07) is 0. The summed E-state index contributed by atoms with van der Waals surface area (Å²) < 4.78 is 7.22. The quantitative estimate of drug-likeness (QED) is 0.839. The molecule has 92 valence electrons. The molecule has 4 bridgehead atoms. The number of thiazole rings is 1. The van der Waals surface area contributed by atoms with Gasteiger partial charge in [-0.25, -0.2) is 4.98 Å². The van der Waals surface area contributed by atoms with Crippen LogP contribution >= 0.6 is 27.3 Å². The highest BCUT2D eigenvalue weighted by Gasteiger charge is 2.48. The maximum atomic E-state index is 6.16. The van der Waals surface area contributed by atoms with Crippen molar-refractivity contribution in [1.29, 1.82) is 0 Å². The van der Waals surface area contributed by atoms with E-state index in [1.54, 1.807) is 11.3 Å².